The van der Waals surface area contributed by atoms with Gasteiger partial charge in [-0.1, -0.05) is 13.8 Å². The first-order valence-corrected chi connectivity index (χ1v) is 7.40. The number of rotatable bonds is 3. The van der Waals surface area contributed by atoms with Gasteiger partial charge in [0.05, 0.1) is 5.69 Å². The lowest BCUT2D eigenvalue weighted by molar-refractivity contribution is 0.140. The summed E-state index contributed by atoms with van der Waals surface area (Å²) in [4.78, 5) is 4.37. The predicted molar refractivity (Wildman–Crippen MR) is 77.9 cm³/mol. The van der Waals surface area contributed by atoms with Crippen LogP contribution in [0.1, 0.15) is 51.1 Å². The van der Waals surface area contributed by atoms with Gasteiger partial charge in [0, 0.05) is 18.4 Å². The van der Waals surface area contributed by atoms with Gasteiger partial charge < -0.3 is 10.5 Å². The molecule has 0 bridgehead atoms. The van der Waals surface area contributed by atoms with Crippen molar-refractivity contribution in [2.75, 3.05) is 0 Å². The third-order valence-electron chi connectivity index (χ3n) is 3.91. The van der Waals surface area contributed by atoms with Crippen molar-refractivity contribution in [2.24, 2.45) is 5.73 Å². The molecule has 5 nitrogen and oxygen atoms in total. The molecule has 0 spiro atoms. The number of hydrogen-bond acceptors (Lipinski definition) is 4. The van der Waals surface area contributed by atoms with Crippen LogP contribution < -0.4 is 10.5 Å². The van der Waals surface area contributed by atoms with Crippen molar-refractivity contribution in [3.8, 4) is 5.88 Å². The molecule has 0 amide bonds. The number of aromatic nitrogens is 3. The summed E-state index contributed by atoms with van der Waals surface area (Å²) < 4.78 is 7.93. The van der Waals surface area contributed by atoms with Crippen molar-refractivity contribution in [1.29, 1.82) is 0 Å². The van der Waals surface area contributed by atoms with Crippen LogP contribution in [0.4, 0.5) is 0 Å². The molecule has 1 fully saturated rings. The fourth-order valence-electron chi connectivity index (χ4n) is 2.74. The van der Waals surface area contributed by atoms with Crippen LogP contribution in [0.5, 0.6) is 5.88 Å². The smallest absolute Gasteiger partial charge is 0.240 e. The van der Waals surface area contributed by atoms with E-state index < -0.39 is 0 Å². The van der Waals surface area contributed by atoms with Gasteiger partial charge in [0.15, 0.2) is 0 Å². The number of ether oxygens (including phenoxy) is 1. The average molecular weight is 274 g/mol. The Morgan fingerprint density at radius 1 is 1.40 bits per heavy atom. The van der Waals surface area contributed by atoms with Crippen molar-refractivity contribution in [3.63, 3.8) is 0 Å². The van der Waals surface area contributed by atoms with Gasteiger partial charge in [0.25, 0.3) is 0 Å². The lowest BCUT2D eigenvalue weighted by Crippen LogP contribution is -2.33. The minimum absolute atomic E-state index is 0.176. The monoisotopic (exact) mass is 274 g/mol. The Labute approximate surface area is 119 Å². The number of fused-ring (bicyclic) bond motifs is 1. The van der Waals surface area contributed by atoms with Crippen LogP contribution in [-0.2, 0) is 0 Å². The zero-order valence-corrected chi connectivity index (χ0v) is 12.1. The molecule has 1 aliphatic carbocycles. The quantitative estimate of drug-likeness (QED) is 0.934. The highest BCUT2D eigenvalue weighted by molar-refractivity contribution is 5.56. The minimum atomic E-state index is 0.176. The summed E-state index contributed by atoms with van der Waals surface area (Å²) in [7, 11) is 0. The molecular weight excluding hydrogens is 252 g/mol. The lowest BCUT2D eigenvalue weighted by Gasteiger charge is -2.26. The first kappa shape index (κ1) is 13.4. The highest BCUT2D eigenvalue weighted by Crippen LogP contribution is 2.26. The molecule has 2 atom stereocenters. The Kier molecular flexibility index (Phi) is 3.61. The van der Waals surface area contributed by atoms with Crippen molar-refractivity contribution in [2.45, 2.75) is 57.6 Å². The van der Waals surface area contributed by atoms with Gasteiger partial charge in [-0.3, -0.25) is 0 Å². The molecule has 108 valence electrons. The maximum absolute atomic E-state index is 6.08. The summed E-state index contributed by atoms with van der Waals surface area (Å²) in [5.41, 5.74) is 8.02. The Balaban J connectivity index is 1.87. The Morgan fingerprint density at radius 2 is 2.25 bits per heavy atom. The second kappa shape index (κ2) is 5.40. The maximum atomic E-state index is 6.08. The molecule has 1 aliphatic rings. The largest absolute Gasteiger partial charge is 0.473 e. The number of hydrogen-bond donors (Lipinski definition) is 1. The van der Waals surface area contributed by atoms with E-state index in [1.54, 1.807) is 6.20 Å². The average Bonchev–Trinajstić information content (AvgIpc) is 2.84. The normalized spacial score (nSPS) is 23.4. The standard InChI is InChI=1S/C15H22N4O/c1-10(2)13-9-14-15(17-6-7-19(14)18-13)20-12-5-3-4-11(16)8-12/h6-7,9-12H,3-5,8,16H2,1-2H3. The van der Waals surface area contributed by atoms with E-state index in [4.69, 9.17) is 10.5 Å². The molecule has 0 aromatic carbocycles. The first-order valence-electron chi connectivity index (χ1n) is 7.40. The lowest BCUT2D eigenvalue weighted by atomic mass is 9.94. The Bertz CT molecular complexity index is 593. The van der Waals surface area contributed by atoms with Gasteiger partial charge in [0.2, 0.25) is 5.88 Å². The third-order valence-corrected chi connectivity index (χ3v) is 3.91. The topological polar surface area (TPSA) is 65.4 Å². The van der Waals surface area contributed by atoms with Crippen LogP contribution in [0.15, 0.2) is 18.5 Å². The van der Waals surface area contributed by atoms with Crippen LogP contribution >= 0.6 is 0 Å². The molecular formula is C15H22N4O. The molecule has 1 saturated carbocycles. The second-order valence-corrected chi connectivity index (χ2v) is 5.95. The molecule has 2 unspecified atom stereocenters. The van der Waals surface area contributed by atoms with Crippen molar-refractivity contribution >= 4 is 5.52 Å². The molecule has 0 aliphatic heterocycles. The SMILES string of the molecule is CC(C)c1cc2c(OC3CCCC(N)C3)nccn2n1. The van der Waals surface area contributed by atoms with Crippen molar-refractivity contribution in [3.05, 3.63) is 24.2 Å². The fourth-order valence-corrected chi connectivity index (χ4v) is 2.74. The number of nitrogens with zero attached hydrogens (tertiary/aromatic N) is 3. The van der Waals surface area contributed by atoms with Crippen LogP contribution in [-0.4, -0.2) is 26.7 Å². The molecule has 2 heterocycles. The number of nitrogens with two attached hydrogens (primary N) is 1. The van der Waals surface area contributed by atoms with E-state index in [1.807, 2.05) is 10.7 Å². The van der Waals surface area contributed by atoms with Crippen molar-refractivity contribution < 1.29 is 4.74 Å². The van der Waals surface area contributed by atoms with E-state index in [1.165, 1.54) is 0 Å². The van der Waals surface area contributed by atoms with Crippen LogP contribution in [0.3, 0.4) is 0 Å². The zero-order valence-electron chi connectivity index (χ0n) is 12.1. The van der Waals surface area contributed by atoms with E-state index in [9.17, 15) is 0 Å². The van der Waals surface area contributed by atoms with Gasteiger partial charge in [-0.05, 0) is 37.7 Å². The molecule has 20 heavy (non-hydrogen) atoms. The fraction of sp³-hybridized carbons (Fsp3) is 0.600. The van der Waals surface area contributed by atoms with Crippen LogP contribution in [0.25, 0.3) is 5.52 Å². The predicted octanol–water partition coefficient (Wildman–Crippen LogP) is 2.50. The van der Waals surface area contributed by atoms with Gasteiger partial charge in [-0.15, -0.1) is 0 Å². The Morgan fingerprint density at radius 3 is 3.00 bits per heavy atom. The van der Waals surface area contributed by atoms with Gasteiger partial charge in [-0.2, -0.15) is 5.10 Å². The molecule has 2 aromatic rings. The van der Waals surface area contributed by atoms with Gasteiger partial charge in [0.1, 0.15) is 11.6 Å². The highest BCUT2D eigenvalue weighted by atomic mass is 16.5. The molecule has 5 heteroatoms. The van der Waals surface area contributed by atoms with Gasteiger partial charge in [-0.25, -0.2) is 9.50 Å². The van der Waals surface area contributed by atoms with E-state index in [2.05, 4.69) is 30.0 Å². The second-order valence-electron chi connectivity index (χ2n) is 5.95. The summed E-state index contributed by atoms with van der Waals surface area (Å²) in [5.74, 6) is 1.07. The summed E-state index contributed by atoms with van der Waals surface area (Å²) in [6.07, 6.45) is 7.97. The molecule has 0 radical (unpaired) electrons. The van der Waals surface area contributed by atoms with E-state index in [0.717, 1.165) is 36.9 Å². The maximum Gasteiger partial charge on any atom is 0.240 e. The van der Waals surface area contributed by atoms with E-state index in [-0.39, 0.29) is 12.1 Å². The van der Waals surface area contributed by atoms with E-state index >= 15 is 0 Å². The molecule has 3 rings (SSSR count). The highest BCUT2D eigenvalue weighted by Gasteiger charge is 2.22. The summed E-state index contributed by atoms with van der Waals surface area (Å²) in [6, 6.07) is 2.32. The molecule has 2 N–H and O–H groups in total. The van der Waals surface area contributed by atoms with Gasteiger partial charge >= 0.3 is 0 Å². The Hall–Kier alpha value is -1.62. The summed E-state index contributed by atoms with van der Waals surface area (Å²) in [5, 5.41) is 4.55. The van der Waals surface area contributed by atoms with E-state index in [0.29, 0.717) is 11.8 Å². The van der Waals surface area contributed by atoms with Crippen LogP contribution in [0.2, 0.25) is 0 Å². The molecule has 2 aromatic heterocycles. The zero-order chi connectivity index (χ0) is 14.1. The van der Waals surface area contributed by atoms with Crippen molar-refractivity contribution in [1.82, 2.24) is 14.6 Å². The molecule has 0 saturated heterocycles. The first-order chi connectivity index (χ1) is 9.63. The summed E-state index contributed by atoms with van der Waals surface area (Å²) in [6.45, 7) is 4.27. The van der Waals surface area contributed by atoms with Crippen LogP contribution in [0, 0.1) is 0 Å². The summed E-state index contributed by atoms with van der Waals surface area (Å²) >= 11 is 0. The minimum Gasteiger partial charge on any atom is -0.473 e. The third kappa shape index (κ3) is 2.63.